The molecule has 1 aromatic heterocycles. The first-order valence-corrected chi connectivity index (χ1v) is 7.48. The molecule has 0 aliphatic heterocycles. The molecule has 7 heteroatoms. The monoisotopic (exact) mass is 340 g/mol. The van der Waals surface area contributed by atoms with E-state index >= 15 is 0 Å². The van der Waals surface area contributed by atoms with Gasteiger partial charge in [0.25, 0.3) is 0 Å². The maximum absolute atomic E-state index is 11.0. The van der Waals surface area contributed by atoms with Gasteiger partial charge < -0.3 is 14.6 Å². The van der Waals surface area contributed by atoms with Crippen molar-refractivity contribution in [1.29, 1.82) is 0 Å². The first-order chi connectivity index (χ1) is 12.0. The molecular formula is C18H16N2O5. The Morgan fingerprint density at radius 1 is 1.12 bits per heavy atom. The quantitative estimate of drug-likeness (QED) is 0.564. The van der Waals surface area contributed by atoms with Crippen molar-refractivity contribution in [2.24, 2.45) is 0 Å². The van der Waals surface area contributed by atoms with E-state index in [1.807, 2.05) is 12.1 Å². The molecule has 2 aromatic carbocycles. The summed E-state index contributed by atoms with van der Waals surface area (Å²) in [5.74, 6) is 0.851. The van der Waals surface area contributed by atoms with Gasteiger partial charge in [0.05, 0.1) is 19.1 Å². The van der Waals surface area contributed by atoms with E-state index in [0.29, 0.717) is 23.5 Å². The number of rotatable bonds is 5. The van der Waals surface area contributed by atoms with Crippen molar-refractivity contribution >= 4 is 16.5 Å². The highest BCUT2D eigenvalue weighted by Crippen LogP contribution is 2.34. The summed E-state index contributed by atoms with van der Waals surface area (Å²) in [7, 11) is 3.13. The minimum absolute atomic E-state index is 0.315. The average molecular weight is 340 g/mol. The van der Waals surface area contributed by atoms with Crippen molar-refractivity contribution in [2.75, 3.05) is 14.2 Å². The maximum Gasteiger partial charge on any atom is 0.310 e. The van der Waals surface area contributed by atoms with Crippen molar-refractivity contribution in [2.45, 2.75) is 6.42 Å². The van der Waals surface area contributed by atoms with Crippen molar-refractivity contribution in [3.8, 4) is 17.2 Å². The molecular weight excluding hydrogens is 324 g/mol. The summed E-state index contributed by atoms with van der Waals surface area (Å²) < 4.78 is 10.7. The minimum Gasteiger partial charge on any atom is -0.502 e. The summed E-state index contributed by atoms with van der Waals surface area (Å²) in [6.07, 6.45) is 3.87. The van der Waals surface area contributed by atoms with Gasteiger partial charge in [-0.05, 0) is 41.1 Å². The van der Waals surface area contributed by atoms with Crippen LogP contribution in [0.4, 0.5) is 5.69 Å². The highest BCUT2D eigenvalue weighted by atomic mass is 16.6. The summed E-state index contributed by atoms with van der Waals surface area (Å²) >= 11 is 0. The van der Waals surface area contributed by atoms with Gasteiger partial charge in [0.15, 0.2) is 17.2 Å². The number of benzene rings is 2. The molecule has 0 aliphatic rings. The molecule has 0 unspecified atom stereocenters. The number of pyridine rings is 1. The summed E-state index contributed by atoms with van der Waals surface area (Å²) in [6.45, 7) is 0. The first kappa shape index (κ1) is 16.5. The number of phenols is 1. The number of nitro benzene ring substituents is 1. The third-order valence-electron chi connectivity index (χ3n) is 3.98. The van der Waals surface area contributed by atoms with Gasteiger partial charge in [-0.1, -0.05) is 6.07 Å². The Hall–Kier alpha value is -3.35. The Balaban J connectivity index is 2.07. The molecule has 0 bridgehead atoms. The predicted octanol–water partition coefficient (Wildman–Crippen LogP) is 3.46. The molecule has 128 valence electrons. The van der Waals surface area contributed by atoms with E-state index in [1.165, 1.54) is 12.1 Å². The molecule has 0 atom stereocenters. The number of nitrogens with zero attached hydrogens (tertiary/aromatic N) is 2. The molecule has 0 amide bonds. The molecule has 0 radical (unpaired) electrons. The largest absolute Gasteiger partial charge is 0.502 e. The molecule has 0 aliphatic carbocycles. The first-order valence-electron chi connectivity index (χ1n) is 7.48. The number of aromatic nitrogens is 1. The molecule has 25 heavy (non-hydrogen) atoms. The highest BCUT2D eigenvalue weighted by molar-refractivity contribution is 5.88. The number of methoxy groups -OCH3 is 2. The van der Waals surface area contributed by atoms with E-state index in [1.54, 1.807) is 32.7 Å². The van der Waals surface area contributed by atoms with Crippen molar-refractivity contribution in [3.05, 3.63) is 64.0 Å². The Labute approximate surface area is 143 Å². The highest BCUT2D eigenvalue weighted by Gasteiger charge is 2.15. The van der Waals surface area contributed by atoms with Gasteiger partial charge in [0.2, 0.25) is 0 Å². The van der Waals surface area contributed by atoms with Gasteiger partial charge >= 0.3 is 5.69 Å². The maximum atomic E-state index is 11.0. The summed E-state index contributed by atoms with van der Waals surface area (Å²) in [5.41, 5.74) is 1.27. The zero-order valence-electron chi connectivity index (χ0n) is 13.7. The Kier molecular flexibility index (Phi) is 4.38. The van der Waals surface area contributed by atoms with Gasteiger partial charge in [-0.25, -0.2) is 0 Å². The Morgan fingerprint density at radius 3 is 2.52 bits per heavy atom. The SMILES string of the molecule is COc1cc2cncc(Cc3ccc(O)c([N+](=O)[O-])c3)c2cc1OC. The van der Waals surface area contributed by atoms with E-state index in [0.717, 1.165) is 16.3 Å². The number of phenolic OH excluding ortho intramolecular Hbond substituents is 1. The summed E-state index contributed by atoms with van der Waals surface area (Å²) in [5, 5.41) is 22.4. The molecule has 0 saturated carbocycles. The zero-order valence-corrected chi connectivity index (χ0v) is 13.7. The number of ether oxygens (including phenoxy) is 2. The second-order valence-electron chi connectivity index (χ2n) is 5.48. The van der Waals surface area contributed by atoms with Crippen LogP contribution in [-0.4, -0.2) is 29.2 Å². The van der Waals surface area contributed by atoms with Crippen LogP contribution in [0.1, 0.15) is 11.1 Å². The topological polar surface area (TPSA) is 94.7 Å². The second-order valence-corrected chi connectivity index (χ2v) is 5.48. The van der Waals surface area contributed by atoms with Gasteiger partial charge in [-0.15, -0.1) is 0 Å². The van der Waals surface area contributed by atoms with Crippen LogP contribution >= 0.6 is 0 Å². The molecule has 1 N–H and O–H groups in total. The van der Waals surface area contributed by atoms with Crippen LogP contribution in [0.25, 0.3) is 10.8 Å². The zero-order chi connectivity index (χ0) is 18.0. The number of hydrogen-bond donors (Lipinski definition) is 1. The number of hydrogen-bond acceptors (Lipinski definition) is 6. The van der Waals surface area contributed by atoms with Crippen molar-refractivity contribution < 1.29 is 19.5 Å². The van der Waals surface area contributed by atoms with E-state index in [9.17, 15) is 15.2 Å². The Morgan fingerprint density at radius 2 is 1.84 bits per heavy atom. The van der Waals surface area contributed by atoms with Crippen LogP contribution in [-0.2, 0) is 6.42 Å². The molecule has 3 aromatic rings. The van der Waals surface area contributed by atoms with Crippen LogP contribution in [0.15, 0.2) is 42.7 Å². The standard InChI is InChI=1S/C18H16N2O5/c1-24-17-7-13-10-19-9-12(14(13)8-18(17)25-2)5-11-3-4-16(21)15(6-11)20(22)23/h3-4,6-10,21H,5H2,1-2H3. The van der Waals surface area contributed by atoms with Gasteiger partial charge in [0.1, 0.15) is 0 Å². The van der Waals surface area contributed by atoms with Crippen LogP contribution in [0.3, 0.4) is 0 Å². The molecule has 0 fully saturated rings. The van der Waals surface area contributed by atoms with E-state index < -0.39 is 4.92 Å². The fourth-order valence-electron chi connectivity index (χ4n) is 2.74. The fourth-order valence-corrected chi connectivity index (χ4v) is 2.74. The van der Waals surface area contributed by atoms with E-state index in [2.05, 4.69) is 4.98 Å². The number of aromatic hydroxyl groups is 1. The smallest absolute Gasteiger partial charge is 0.310 e. The van der Waals surface area contributed by atoms with Gasteiger partial charge in [-0.2, -0.15) is 0 Å². The summed E-state index contributed by atoms with van der Waals surface area (Å²) in [4.78, 5) is 14.6. The fraction of sp³-hybridized carbons (Fsp3) is 0.167. The molecule has 0 spiro atoms. The second kappa shape index (κ2) is 6.64. The van der Waals surface area contributed by atoms with Crippen LogP contribution < -0.4 is 9.47 Å². The van der Waals surface area contributed by atoms with E-state index in [4.69, 9.17) is 9.47 Å². The lowest BCUT2D eigenvalue weighted by molar-refractivity contribution is -0.385. The number of fused-ring (bicyclic) bond motifs is 1. The average Bonchev–Trinajstić information content (AvgIpc) is 2.62. The molecule has 3 rings (SSSR count). The lowest BCUT2D eigenvalue weighted by Gasteiger charge is -2.12. The normalized spacial score (nSPS) is 10.6. The minimum atomic E-state index is -0.603. The predicted molar refractivity (Wildman–Crippen MR) is 92.4 cm³/mol. The molecule has 7 nitrogen and oxygen atoms in total. The molecule has 1 heterocycles. The van der Waals surface area contributed by atoms with Gasteiger partial charge in [0, 0.05) is 23.8 Å². The lowest BCUT2D eigenvalue weighted by atomic mass is 10.00. The third-order valence-corrected chi connectivity index (χ3v) is 3.98. The molecule has 0 saturated heterocycles. The third kappa shape index (κ3) is 3.16. The van der Waals surface area contributed by atoms with Crippen LogP contribution in [0, 0.1) is 10.1 Å². The van der Waals surface area contributed by atoms with Gasteiger partial charge in [-0.3, -0.25) is 15.1 Å². The van der Waals surface area contributed by atoms with Crippen molar-refractivity contribution in [1.82, 2.24) is 4.98 Å². The van der Waals surface area contributed by atoms with Crippen LogP contribution in [0.2, 0.25) is 0 Å². The van der Waals surface area contributed by atoms with E-state index in [-0.39, 0.29) is 11.4 Å². The van der Waals surface area contributed by atoms with Crippen LogP contribution in [0.5, 0.6) is 17.2 Å². The summed E-state index contributed by atoms with van der Waals surface area (Å²) in [6, 6.07) is 8.05. The lowest BCUT2D eigenvalue weighted by Crippen LogP contribution is -1.96. The Bertz CT molecular complexity index is 956. The van der Waals surface area contributed by atoms with Crippen molar-refractivity contribution in [3.63, 3.8) is 0 Å². The number of nitro groups is 1.